The summed E-state index contributed by atoms with van der Waals surface area (Å²) in [5.41, 5.74) is 0. The minimum atomic E-state index is -3.68. The number of nitrogens with zero attached hydrogens (tertiary/aromatic N) is 1. The van der Waals surface area contributed by atoms with E-state index in [0.29, 0.717) is 13.0 Å². The second-order valence-corrected chi connectivity index (χ2v) is 5.79. The number of carboxylic acids is 1. The Morgan fingerprint density at radius 1 is 1.59 bits per heavy atom. The number of hydrogen-bond acceptors (Lipinski definition) is 4. The van der Waals surface area contributed by atoms with E-state index >= 15 is 0 Å². The Morgan fingerprint density at radius 2 is 2.29 bits per heavy atom. The van der Waals surface area contributed by atoms with Crippen LogP contribution in [0.5, 0.6) is 0 Å². The third-order valence-corrected chi connectivity index (χ3v) is 4.23. The zero-order valence-corrected chi connectivity index (χ0v) is 10.1. The molecule has 1 N–H and O–H groups in total. The maximum atomic E-state index is 11.9. The summed E-state index contributed by atoms with van der Waals surface area (Å²) in [6, 6.07) is 0. The van der Waals surface area contributed by atoms with Crippen LogP contribution in [-0.4, -0.2) is 55.4 Å². The smallest absolute Gasteiger partial charge is 0.318 e. The minimum Gasteiger partial charge on any atom is -0.480 e. The van der Waals surface area contributed by atoms with Crippen molar-refractivity contribution in [1.29, 1.82) is 0 Å². The average molecular weight is 261 g/mol. The highest BCUT2D eigenvalue weighted by Gasteiger charge is 2.29. The summed E-state index contributed by atoms with van der Waals surface area (Å²) in [5, 5.41) is 8.63. The van der Waals surface area contributed by atoms with Gasteiger partial charge in [-0.3, -0.25) is 4.79 Å². The highest BCUT2D eigenvalue weighted by Crippen LogP contribution is 2.15. The molecule has 1 heterocycles. The Balaban J connectivity index is 2.69. The Bertz CT molecular complexity index is 405. The third-order valence-electron chi connectivity index (χ3n) is 2.39. The molecule has 0 bridgehead atoms. The van der Waals surface area contributed by atoms with Crippen molar-refractivity contribution in [2.45, 2.75) is 18.9 Å². The molecule has 0 aliphatic carbocycles. The second-order valence-electron chi connectivity index (χ2n) is 3.78. The molecule has 1 unspecified atom stereocenters. The molecule has 0 aromatic rings. The van der Waals surface area contributed by atoms with Gasteiger partial charge in [-0.25, -0.2) is 8.42 Å². The van der Waals surface area contributed by atoms with Crippen molar-refractivity contribution < 1.29 is 23.1 Å². The monoisotopic (exact) mass is 261 g/mol. The molecule has 1 atom stereocenters. The van der Waals surface area contributed by atoms with Gasteiger partial charge in [-0.15, -0.1) is 6.42 Å². The van der Waals surface area contributed by atoms with E-state index in [1.165, 1.54) is 0 Å². The summed E-state index contributed by atoms with van der Waals surface area (Å²) in [6.07, 6.45) is 6.18. The van der Waals surface area contributed by atoms with E-state index in [1.807, 2.05) is 0 Å². The summed E-state index contributed by atoms with van der Waals surface area (Å²) >= 11 is 0. The zero-order valence-electron chi connectivity index (χ0n) is 9.33. The molecule has 1 fully saturated rings. The lowest BCUT2D eigenvalue weighted by Crippen LogP contribution is -2.40. The van der Waals surface area contributed by atoms with E-state index in [4.69, 9.17) is 16.3 Å². The van der Waals surface area contributed by atoms with Crippen LogP contribution < -0.4 is 0 Å². The third kappa shape index (κ3) is 4.34. The van der Waals surface area contributed by atoms with E-state index in [1.54, 1.807) is 0 Å². The van der Waals surface area contributed by atoms with Crippen molar-refractivity contribution in [2.24, 2.45) is 0 Å². The molecule has 1 rings (SSSR count). The van der Waals surface area contributed by atoms with Crippen LogP contribution in [0.3, 0.4) is 0 Å². The number of carboxylic acid groups (broad SMARTS) is 1. The van der Waals surface area contributed by atoms with E-state index in [2.05, 4.69) is 5.92 Å². The van der Waals surface area contributed by atoms with Gasteiger partial charge in [-0.2, -0.15) is 4.31 Å². The fourth-order valence-electron chi connectivity index (χ4n) is 1.62. The molecule has 0 radical (unpaired) electrons. The van der Waals surface area contributed by atoms with E-state index < -0.39 is 22.5 Å². The standard InChI is InChI=1S/C10H15NO5S/c1-2-5-11(7-10(12)13)17(14,15)8-9-4-3-6-16-9/h1,9H,3-8H2,(H,12,13). The van der Waals surface area contributed by atoms with Gasteiger partial charge in [0.1, 0.15) is 6.54 Å². The quantitative estimate of drug-likeness (QED) is 0.653. The first-order valence-corrected chi connectivity index (χ1v) is 6.81. The van der Waals surface area contributed by atoms with Gasteiger partial charge in [0, 0.05) is 6.61 Å². The van der Waals surface area contributed by atoms with Crippen molar-refractivity contribution in [3.8, 4) is 12.3 Å². The van der Waals surface area contributed by atoms with Crippen LogP contribution in [0.4, 0.5) is 0 Å². The van der Waals surface area contributed by atoms with Crippen molar-refractivity contribution in [2.75, 3.05) is 25.4 Å². The van der Waals surface area contributed by atoms with Crippen LogP contribution in [0.25, 0.3) is 0 Å². The van der Waals surface area contributed by atoms with Crippen LogP contribution in [0.2, 0.25) is 0 Å². The van der Waals surface area contributed by atoms with E-state index in [-0.39, 0.29) is 18.4 Å². The van der Waals surface area contributed by atoms with Gasteiger partial charge in [0.15, 0.2) is 0 Å². The molecule has 0 aromatic heterocycles. The van der Waals surface area contributed by atoms with E-state index in [9.17, 15) is 13.2 Å². The number of rotatable bonds is 6. The van der Waals surface area contributed by atoms with Crippen molar-refractivity contribution in [1.82, 2.24) is 4.31 Å². The van der Waals surface area contributed by atoms with Gasteiger partial charge in [-0.05, 0) is 12.8 Å². The summed E-state index contributed by atoms with van der Waals surface area (Å²) in [4.78, 5) is 10.6. The molecule has 7 heteroatoms. The molecule has 1 aliphatic rings. The Morgan fingerprint density at radius 3 is 2.76 bits per heavy atom. The van der Waals surface area contributed by atoms with Gasteiger partial charge in [-0.1, -0.05) is 5.92 Å². The normalized spacial score (nSPS) is 20.4. The van der Waals surface area contributed by atoms with Crippen LogP contribution in [0, 0.1) is 12.3 Å². The largest absolute Gasteiger partial charge is 0.480 e. The van der Waals surface area contributed by atoms with E-state index in [0.717, 1.165) is 10.7 Å². The van der Waals surface area contributed by atoms with Crippen molar-refractivity contribution in [3.63, 3.8) is 0 Å². The topological polar surface area (TPSA) is 83.9 Å². The lowest BCUT2D eigenvalue weighted by Gasteiger charge is -2.19. The molecule has 0 spiro atoms. The highest BCUT2D eigenvalue weighted by atomic mass is 32.2. The van der Waals surface area contributed by atoms with Crippen LogP contribution >= 0.6 is 0 Å². The molecule has 1 saturated heterocycles. The Labute approximate surface area is 101 Å². The number of sulfonamides is 1. The lowest BCUT2D eigenvalue weighted by molar-refractivity contribution is -0.137. The molecule has 6 nitrogen and oxygen atoms in total. The van der Waals surface area contributed by atoms with Crippen LogP contribution in [-0.2, 0) is 19.6 Å². The van der Waals surface area contributed by atoms with Gasteiger partial charge >= 0.3 is 5.97 Å². The lowest BCUT2D eigenvalue weighted by atomic mass is 10.3. The summed E-state index contributed by atoms with van der Waals surface area (Å²) in [6.45, 7) is -0.297. The number of terminal acetylenes is 1. The SMILES string of the molecule is C#CCN(CC(=O)O)S(=O)(=O)CC1CCCO1. The Hall–Kier alpha value is -1.10. The molecular weight excluding hydrogens is 246 g/mol. The molecule has 0 amide bonds. The maximum Gasteiger partial charge on any atom is 0.318 e. The second kappa shape index (κ2) is 6.00. The number of hydrogen-bond donors (Lipinski definition) is 1. The molecule has 0 saturated carbocycles. The fraction of sp³-hybridized carbons (Fsp3) is 0.700. The predicted molar refractivity (Wildman–Crippen MR) is 60.8 cm³/mol. The van der Waals surface area contributed by atoms with Gasteiger partial charge < -0.3 is 9.84 Å². The number of carbonyl (C=O) groups is 1. The number of ether oxygens (including phenoxy) is 1. The predicted octanol–water partition coefficient (Wildman–Crippen LogP) is -0.485. The fourth-order valence-corrected chi connectivity index (χ4v) is 3.14. The van der Waals surface area contributed by atoms with Crippen LogP contribution in [0.15, 0.2) is 0 Å². The molecule has 0 aromatic carbocycles. The number of aliphatic carboxylic acids is 1. The maximum absolute atomic E-state index is 11.9. The molecule has 17 heavy (non-hydrogen) atoms. The zero-order chi connectivity index (χ0) is 12.9. The summed E-state index contributed by atoms with van der Waals surface area (Å²) in [5.74, 6) is 0.715. The molecule has 1 aliphatic heterocycles. The summed E-state index contributed by atoms with van der Waals surface area (Å²) < 4.78 is 29.8. The van der Waals surface area contributed by atoms with Gasteiger partial charge in [0.25, 0.3) is 0 Å². The molecule has 96 valence electrons. The first kappa shape index (κ1) is 14.0. The van der Waals surface area contributed by atoms with Gasteiger partial charge in [0.2, 0.25) is 10.0 Å². The molecular formula is C10H15NO5S. The van der Waals surface area contributed by atoms with Crippen molar-refractivity contribution >= 4 is 16.0 Å². The highest BCUT2D eigenvalue weighted by molar-refractivity contribution is 7.89. The summed E-state index contributed by atoms with van der Waals surface area (Å²) in [7, 11) is -3.68. The van der Waals surface area contributed by atoms with Crippen molar-refractivity contribution in [3.05, 3.63) is 0 Å². The minimum absolute atomic E-state index is 0.206. The first-order chi connectivity index (χ1) is 7.95. The average Bonchev–Trinajstić information content (AvgIpc) is 2.68. The van der Waals surface area contributed by atoms with Gasteiger partial charge in [0.05, 0.1) is 18.4 Å². The first-order valence-electron chi connectivity index (χ1n) is 5.20. The van der Waals surface area contributed by atoms with Crippen LogP contribution in [0.1, 0.15) is 12.8 Å². The Kier molecular flexibility index (Phi) is 4.93.